The van der Waals surface area contributed by atoms with E-state index >= 15 is 0 Å². The molecule has 1 amide bonds. The highest BCUT2D eigenvalue weighted by Crippen LogP contribution is 2.25. The van der Waals surface area contributed by atoms with E-state index in [1.54, 1.807) is 31.0 Å². The van der Waals surface area contributed by atoms with Gasteiger partial charge in [0.15, 0.2) is 0 Å². The largest absolute Gasteiger partial charge is 0.497 e. The summed E-state index contributed by atoms with van der Waals surface area (Å²) in [6.45, 7) is 2.55. The lowest BCUT2D eigenvalue weighted by atomic mass is 10.1. The van der Waals surface area contributed by atoms with Crippen molar-refractivity contribution in [2.75, 3.05) is 20.3 Å². The fourth-order valence-corrected chi connectivity index (χ4v) is 2.78. The molecule has 144 valence electrons. The average molecular weight is 379 g/mol. The smallest absolute Gasteiger partial charge is 0.256 e. The van der Waals surface area contributed by atoms with Crippen LogP contribution in [-0.2, 0) is 0 Å². The molecular weight excluding hydrogens is 358 g/mol. The van der Waals surface area contributed by atoms with Gasteiger partial charge in [0.05, 0.1) is 13.7 Å². The Balaban J connectivity index is 1.54. The van der Waals surface area contributed by atoms with E-state index in [4.69, 9.17) is 13.9 Å². The van der Waals surface area contributed by atoms with E-state index in [0.29, 0.717) is 31.2 Å². The third-order valence-electron chi connectivity index (χ3n) is 4.18. The van der Waals surface area contributed by atoms with Crippen LogP contribution in [0, 0.1) is 18.3 Å². The second kappa shape index (κ2) is 8.82. The predicted molar refractivity (Wildman–Crippen MR) is 103 cm³/mol. The molecule has 7 heteroatoms. The molecule has 7 nitrogen and oxygen atoms in total. The van der Waals surface area contributed by atoms with Crippen LogP contribution < -0.4 is 14.8 Å². The first kappa shape index (κ1) is 19.1. The van der Waals surface area contributed by atoms with Crippen LogP contribution >= 0.6 is 0 Å². The molecule has 0 aliphatic carbocycles. The summed E-state index contributed by atoms with van der Waals surface area (Å²) in [4.78, 5) is 12.5. The normalized spacial score (nSPS) is 10.3. The van der Waals surface area contributed by atoms with E-state index in [-0.39, 0.29) is 17.0 Å². The van der Waals surface area contributed by atoms with Crippen molar-refractivity contribution in [1.29, 1.82) is 5.26 Å². The summed E-state index contributed by atoms with van der Waals surface area (Å²) < 4.78 is 18.1. The van der Waals surface area contributed by atoms with E-state index in [1.165, 1.54) is 0 Å². The van der Waals surface area contributed by atoms with Gasteiger partial charge < -0.3 is 19.2 Å². The monoisotopic (exact) mass is 379 g/mol. The minimum absolute atomic E-state index is 0.223. The number of furan rings is 1. The van der Waals surface area contributed by atoms with Gasteiger partial charge in [-0.05, 0) is 49.7 Å². The molecule has 0 aliphatic rings. The van der Waals surface area contributed by atoms with Gasteiger partial charge in [-0.15, -0.1) is 0 Å². The SMILES string of the molecule is COc1ccc(OCCCNC(=O)c2c(C)oc(-n3cccc3)c2C#N)cc1. The second-order valence-electron chi connectivity index (χ2n) is 6.05. The van der Waals surface area contributed by atoms with Crippen molar-refractivity contribution in [2.45, 2.75) is 13.3 Å². The fourth-order valence-electron chi connectivity index (χ4n) is 2.78. The van der Waals surface area contributed by atoms with Crippen LogP contribution in [0.15, 0.2) is 53.2 Å². The molecule has 0 atom stereocenters. The molecule has 0 radical (unpaired) electrons. The lowest BCUT2D eigenvalue weighted by molar-refractivity contribution is 0.0950. The standard InChI is InChI=1S/C21H21N3O4/c1-15-19(18(14-22)21(28-15)24-11-3-4-12-24)20(25)23-10-5-13-27-17-8-6-16(26-2)7-9-17/h3-4,6-9,11-12H,5,10,13H2,1-2H3,(H,23,25). The van der Waals surface area contributed by atoms with Crippen molar-refractivity contribution in [3.05, 3.63) is 65.7 Å². The minimum Gasteiger partial charge on any atom is -0.497 e. The van der Waals surface area contributed by atoms with Crippen LogP contribution in [0.1, 0.15) is 28.1 Å². The Hall–Kier alpha value is -3.66. The van der Waals surface area contributed by atoms with Gasteiger partial charge in [0, 0.05) is 18.9 Å². The van der Waals surface area contributed by atoms with Crippen LogP contribution in [0.25, 0.3) is 5.88 Å². The molecule has 1 aromatic carbocycles. The van der Waals surface area contributed by atoms with Crippen LogP contribution in [0.5, 0.6) is 11.5 Å². The van der Waals surface area contributed by atoms with E-state index < -0.39 is 0 Å². The lowest BCUT2D eigenvalue weighted by Gasteiger charge is -2.08. The summed E-state index contributed by atoms with van der Waals surface area (Å²) >= 11 is 0. The fraction of sp³-hybridized carbons (Fsp3) is 0.238. The first-order valence-electron chi connectivity index (χ1n) is 8.86. The van der Waals surface area contributed by atoms with Gasteiger partial charge in [-0.2, -0.15) is 5.26 Å². The Labute approximate surface area is 163 Å². The van der Waals surface area contributed by atoms with Gasteiger partial charge >= 0.3 is 0 Å². The third kappa shape index (κ3) is 4.18. The molecule has 0 unspecified atom stereocenters. The van der Waals surface area contributed by atoms with E-state index in [2.05, 4.69) is 11.4 Å². The number of nitriles is 1. The number of rotatable bonds is 8. The highest BCUT2D eigenvalue weighted by Gasteiger charge is 2.24. The zero-order valence-corrected chi connectivity index (χ0v) is 15.8. The van der Waals surface area contributed by atoms with E-state index in [1.807, 2.05) is 36.4 Å². The molecule has 0 aliphatic heterocycles. The van der Waals surface area contributed by atoms with E-state index in [9.17, 15) is 10.1 Å². The highest BCUT2D eigenvalue weighted by molar-refractivity contribution is 5.98. The zero-order chi connectivity index (χ0) is 19.9. The molecule has 28 heavy (non-hydrogen) atoms. The first-order valence-corrected chi connectivity index (χ1v) is 8.86. The molecule has 3 rings (SSSR count). The predicted octanol–water partition coefficient (Wildman–Crippen LogP) is 3.46. The second-order valence-corrected chi connectivity index (χ2v) is 6.05. The maximum Gasteiger partial charge on any atom is 0.256 e. The van der Waals surface area contributed by atoms with E-state index in [0.717, 1.165) is 11.5 Å². The van der Waals surface area contributed by atoms with Crippen molar-refractivity contribution in [1.82, 2.24) is 9.88 Å². The highest BCUT2D eigenvalue weighted by atomic mass is 16.5. The summed E-state index contributed by atoms with van der Waals surface area (Å²) in [5, 5.41) is 12.3. The molecule has 0 spiro atoms. The van der Waals surface area contributed by atoms with Crippen molar-refractivity contribution < 1.29 is 18.7 Å². The van der Waals surface area contributed by atoms with Gasteiger partial charge in [-0.3, -0.25) is 9.36 Å². The van der Waals surface area contributed by atoms with Crippen molar-refractivity contribution >= 4 is 5.91 Å². The lowest BCUT2D eigenvalue weighted by Crippen LogP contribution is -2.26. The number of ether oxygens (including phenoxy) is 2. The summed E-state index contributed by atoms with van der Waals surface area (Å²) in [6.07, 6.45) is 4.15. The summed E-state index contributed by atoms with van der Waals surface area (Å²) in [7, 11) is 1.61. The van der Waals surface area contributed by atoms with Gasteiger partial charge in [-0.25, -0.2) is 0 Å². The topological polar surface area (TPSA) is 89.4 Å². The zero-order valence-electron chi connectivity index (χ0n) is 15.8. The number of benzene rings is 1. The molecule has 1 N–H and O–H groups in total. The Bertz CT molecular complexity index is 966. The average Bonchev–Trinajstić information content (AvgIpc) is 3.35. The quantitative estimate of drug-likeness (QED) is 0.606. The number of hydrogen-bond acceptors (Lipinski definition) is 5. The van der Waals surface area contributed by atoms with Gasteiger partial charge in [0.1, 0.15) is 34.5 Å². The van der Waals surface area contributed by atoms with Gasteiger partial charge in [-0.1, -0.05) is 0 Å². The van der Waals surface area contributed by atoms with Crippen LogP contribution in [0.3, 0.4) is 0 Å². The molecule has 2 aromatic heterocycles. The Morgan fingerprint density at radius 1 is 1.21 bits per heavy atom. The molecule has 0 saturated heterocycles. The molecule has 2 heterocycles. The molecule has 0 fully saturated rings. The van der Waals surface area contributed by atoms with Crippen molar-refractivity contribution in [2.24, 2.45) is 0 Å². The van der Waals surface area contributed by atoms with Crippen molar-refractivity contribution in [3.63, 3.8) is 0 Å². The summed E-state index contributed by atoms with van der Waals surface area (Å²) in [6, 6.07) is 13.0. The number of carbonyl (C=O) groups excluding carboxylic acids is 1. The third-order valence-corrected chi connectivity index (χ3v) is 4.18. The minimum atomic E-state index is -0.333. The number of hydrogen-bond donors (Lipinski definition) is 1. The first-order chi connectivity index (χ1) is 13.6. The Kier molecular flexibility index (Phi) is 6.02. The number of carbonyl (C=O) groups is 1. The molecule has 0 saturated carbocycles. The summed E-state index contributed by atoms with van der Waals surface area (Å²) in [5.41, 5.74) is 0.489. The number of nitrogens with zero attached hydrogens (tertiary/aromatic N) is 2. The Morgan fingerprint density at radius 2 is 1.89 bits per heavy atom. The molecule has 3 aromatic rings. The van der Waals surface area contributed by atoms with Crippen molar-refractivity contribution in [3.8, 4) is 23.5 Å². The maximum atomic E-state index is 12.5. The Morgan fingerprint density at radius 3 is 2.54 bits per heavy atom. The molecule has 0 bridgehead atoms. The van der Waals surface area contributed by atoms with Gasteiger partial charge in [0.25, 0.3) is 5.91 Å². The number of methoxy groups -OCH3 is 1. The maximum absolute atomic E-state index is 12.5. The van der Waals surface area contributed by atoms with Crippen LogP contribution in [-0.4, -0.2) is 30.7 Å². The molecular formula is C21H21N3O4. The summed E-state index contributed by atoms with van der Waals surface area (Å²) in [5.74, 6) is 1.93. The number of nitrogens with one attached hydrogen (secondary N) is 1. The van der Waals surface area contributed by atoms with Crippen LogP contribution in [0.4, 0.5) is 0 Å². The number of aryl methyl sites for hydroxylation is 1. The van der Waals surface area contributed by atoms with Gasteiger partial charge in [0.2, 0.25) is 5.88 Å². The number of aromatic nitrogens is 1. The van der Waals surface area contributed by atoms with Crippen LogP contribution in [0.2, 0.25) is 0 Å². The number of amides is 1.